The summed E-state index contributed by atoms with van der Waals surface area (Å²) in [4.78, 5) is 219. The molecule has 0 saturated carbocycles. The number of unbranched alkanes of at least 4 members (excludes halogenated alkanes) is 1. The van der Waals surface area contributed by atoms with Crippen LogP contribution in [-0.4, -0.2) is 381 Å². The monoisotopic (exact) mass is 2070 g/mol. The molecule has 2 aromatic carbocycles. The lowest BCUT2D eigenvalue weighted by Gasteiger charge is -2.28. The molecule has 10 atom stereocenters. The van der Waals surface area contributed by atoms with Crippen LogP contribution < -0.4 is 91.9 Å². The molecule has 0 radical (unpaired) electrons. The van der Waals surface area contributed by atoms with E-state index in [1.54, 1.807) is 12.1 Å². The summed E-state index contributed by atoms with van der Waals surface area (Å²) in [6.45, 7) is 10.4. The summed E-state index contributed by atoms with van der Waals surface area (Å²) in [5.74, 6) is -16.2. The number of nitrogens with zero attached hydrogens (tertiary/aromatic N) is 6. The lowest BCUT2D eigenvalue weighted by Crippen LogP contribution is -2.61. The number of carboxylic acid groups (broad SMARTS) is 3. The van der Waals surface area contributed by atoms with Gasteiger partial charge in [-0.3, -0.25) is 82.2 Å². The Bertz CT molecular complexity index is 4930. The van der Waals surface area contributed by atoms with Crippen molar-refractivity contribution in [3.63, 3.8) is 0 Å². The molecule has 810 valence electrons. The van der Waals surface area contributed by atoms with Crippen LogP contribution >= 0.6 is 0 Å². The Balaban J connectivity index is 1.06. The van der Waals surface area contributed by atoms with Gasteiger partial charge in [-0.05, 0) is 127 Å². The highest BCUT2D eigenvalue weighted by Crippen LogP contribution is 2.18. The summed E-state index contributed by atoms with van der Waals surface area (Å²) in [6.07, 6.45) is -2.78. The molecule has 1 aliphatic heterocycles. The third-order valence-corrected chi connectivity index (χ3v) is 21.5. The number of aromatic amines is 1. The number of aliphatic hydroxyl groups excluding tert-OH is 1. The van der Waals surface area contributed by atoms with E-state index in [-0.39, 0.29) is 204 Å². The second-order valence-electron chi connectivity index (χ2n) is 33.2. The van der Waals surface area contributed by atoms with Crippen molar-refractivity contribution >= 4 is 112 Å². The number of carbonyl (C=O) groups excluding carboxylic acids is 11. The summed E-state index contributed by atoms with van der Waals surface area (Å²) in [7, 11) is 0. The summed E-state index contributed by atoms with van der Waals surface area (Å²) in [5, 5.41) is 101. The summed E-state index contributed by atoms with van der Waals surface area (Å²) in [5.41, 5.74) is 17.9. The highest BCUT2D eigenvalue weighted by molar-refractivity contribution is 6.00. The normalized spacial score (nSPS) is 17.5. The van der Waals surface area contributed by atoms with Crippen molar-refractivity contribution in [3.05, 3.63) is 93.8 Å². The highest BCUT2D eigenvalue weighted by atomic mass is 16.6. The fraction of sp³-hybridized carbons (Fsp3) is 0.615. The van der Waals surface area contributed by atoms with Crippen molar-refractivity contribution < 1.29 is 145 Å². The third-order valence-electron chi connectivity index (χ3n) is 21.5. The number of nitrogen functional groups attached to an aromatic ring is 1. The first-order valence-electron chi connectivity index (χ1n) is 48.0. The number of aromatic nitrogens is 7. The SMILES string of the molecule is CCOCCOCCOCCOCCOCCOCCOCCOCCC(=O)N[C@@H](CCCCNCCOCCOCCOCCNC(=O)CC[C@H](NC(=O)c1ccc(NCc2cnc3nc(N)[nH]c(=O)c3n2)cc1)C(=O)O)C(=O)N[C@H]1Cc2cn(nn2)CCCC[C@@H](C(N)=O)NC(=O)[C@@H]([C@H](C)O)NC(=O)[C@@H](Cc2ccc(O)cc2)NC(=O)[C@@H](CCCNC(=N)N)NC(=O)[C@@H](CCC(=O)O)NC(=O)[C@@H](CC(=O)O)NC1=O. The molecule has 0 fully saturated rings. The van der Waals surface area contributed by atoms with Crippen molar-refractivity contribution in [3.8, 4) is 5.75 Å². The highest BCUT2D eigenvalue weighted by Gasteiger charge is 2.38. The average Bonchev–Trinajstić information content (AvgIpc) is 0.844. The number of phenolic OH excluding ortho intramolecular Hbond substituents is 1. The zero-order chi connectivity index (χ0) is 106. The predicted molar refractivity (Wildman–Crippen MR) is 517 cm³/mol. The van der Waals surface area contributed by atoms with Gasteiger partial charge in [0, 0.05) is 82.3 Å². The number of carbonyl (C=O) groups is 14. The largest absolute Gasteiger partial charge is 0.508 e. The molecule has 11 amide bonds. The number of fused-ring (bicyclic) bond motifs is 3. The van der Waals surface area contributed by atoms with E-state index in [1.807, 2.05) is 6.92 Å². The van der Waals surface area contributed by atoms with Crippen LogP contribution in [0.1, 0.15) is 131 Å². The molecule has 55 nitrogen and oxygen atoms in total. The number of amides is 11. The molecule has 26 N–H and O–H groups in total. The maximum atomic E-state index is 15.0. The number of aliphatic carboxylic acids is 3. The van der Waals surface area contributed by atoms with E-state index in [9.17, 15) is 97.5 Å². The van der Waals surface area contributed by atoms with E-state index in [4.69, 9.17) is 74.7 Å². The number of anilines is 2. The van der Waals surface area contributed by atoms with E-state index in [0.29, 0.717) is 109 Å². The van der Waals surface area contributed by atoms with Gasteiger partial charge in [0.2, 0.25) is 65.0 Å². The lowest BCUT2D eigenvalue weighted by atomic mass is 10.0. The molecule has 55 heteroatoms. The topological polar surface area (TPSA) is 802 Å². The number of phenols is 1. The maximum absolute atomic E-state index is 15.0. The molecule has 6 rings (SSSR count). The van der Waals surface area contributed by atoms with Crippen LogP contribution in [0, 0.1) is 5.41 Å². The van der Waals surface area contributed by atoms with Gasteiger partial charge in [-0.25, -0.2) is 14.8 Å². The molecule has 3 aromatic heterocycles. The Labute approximate surface area is 840 Å². The van der Waals surface area contributed by atoms with Gasteiger partial charge in [0.05, 0.1) is 175 Å². The van der Waals surface area contributed by atoms with Crippen LogP contribution in [-0.2, 0) is 140 Å². The van der Waals surface area contributed by atoms with E-state index in [0.717, 1.165) is 6.92 Å². The average molecular weight is 2070 g/mol. The fourth-order valence-corrected chi connectivity index (χ4v) is 13.9. The quantitative estimate of drug-likeness (QED) is 0.00982. The molecule has 5 aromatic rings. The zero-order valence-corrected chi connectivity index (χ0v) is 81.9. The van der Waals surface area contributed by atoms with Crippen LogP contribution in [0.25, 0.3) is 11.2 Å². The minimum absolute atomic E-state index is 0.00774. The van der Waals surface area contributed by atoms with Crippen molar-refractivity contribution in [2.75, 3.05) is 183 Å². The van der Waals surface area contributed by atoms with Gasteiger partial charge in [0.1, 0.15) is 60.1 Å². The minimum Gasteiger partial charge on any atom is -0.508 e. The minimum atomic E-state index is -2.13. The number of H-pyrrole nitrogens is 1. The van der Waals surface area contributed by atoms with Gasteiger partial charge in [0.25, 0.3) is 11.5 Å². The van der Waals surface area contributed by atoms with Crippen molar-refractivity contribution in [2.24, 2.45) is 11.5 Å². The van der Waals surface area contributed by atoms with Gasteiger partial charge < -0.3 is 164 Å². The maximum Gasteiger partial charge on any atom is 0.326 e. The van der Waals surface area contributed by atoms with Gasteiger partial charge in [-0.1, -0.05) is 17.3 Å². The smallest absolute Gasteiger partial charge is 0.326 e. The van der Waals surface area contributed by atoms with Crippen LogP contribution in [0.3, 0.4) is 0 Å². The number of aliphatic hydroxyl groups is 1. The number of ether oxygens (including phenoxy) is 11. The number of rotatable bonds is 67. The van der Waals surface area contributed by atoms with Gasteiger partial charge in [0.15, 0.2) is 17.1 Å². The molecule has 0 unspecified atom stereocenters. The van der Waals surface area contributed by atoms with E-state index in [1.165, 1.54) is 53.5 Å². The van der Waals surface area contributed by atoms with Crippen molar-refractivity contribution in [1.82, 2.24) is 98.7 Å². The molecular weight excluding hydrogens is 1930 g/mol. The zero-order valence-electron chi connectivity index (χ0n) is 81.9. The Morgan fingerprint density at radius 2 is 1.12 bits per heavy atom. The Kier molecular flexibility index (Phi) is 58.4. The molecule has 0 spiro atoms. The number of nitrogens with one attached hydrogen (secondary N) is 15. The molecule has 0 saturated heterocycles. The number of aryl methyl sites for hydroxylation is 1. The van der Waals surface area contributed by atoms with E-state index >= 15 is 0 Å². The molecule has 1 aliphatic rings. The summed E-state index contributed by atoms with van der Waals surface area (Å²) < 4.78 is 62.3. The molecule has 4 heterocycles. The lowest BCUT2D eigenvalue weighted by molar-refractivity contribution is -0.142. The fourth-order valence-electron chi connectivity index (χ4n) is 13.9. The van der Waals surface area contributed by atoms with Crippen LogP contribution in [0.4, 0.5) is 11.6 Å². The number of carboxylic acids is 3. The number of nitrogens with two attached hydrogens (primary N) is 3. The van der Waals surface area contributed by atoms with Crippen molar-refractivity contribution in [2.45, 2.75) is 190 Å². The van der Waals surface area contributed by atoms with Crippen LogP contribution in [0.5, 0.6) is 5.75 Å². The molecular formula is C91H140N24O31. The van der Waals surface area contributed by atoms with Gasteiger partial charge in [-0.15, -0.1) is 5.10 Å². The van der Waals surface area contributed by atoms with Gasteiger partial charge in [-0.2, -0.15) is 4.98 Å². The second-order valence-corrected chi connectivity index (χ2v) is 33.2. The number of guanidine groups is 1. The number of aromatic hydroxyl groups is 1. The Hall–Kier alpha value is -13.5. The number of hydrogen-bond acceptors (Lipinski definition) is 37. The van der Waals surface area contributed by atoms with Crippen LogP contribution in [0.2, 0.25) is 0 Å². The Morgan fingerprint density at radius 3 is 1.69 bits per heavy atom. The molecule has 0 aliphatic carbocycles. The number of primary amides is 1. The first-order chi connectivity index (χ1) is 70.2. The summed E-state index contributed by atoms with van der Waals surface area (Å²) in [6, 6.07) is -3.78. The first-order valence-corrected chi connectivity index (χ1v) is 48.0. The summed E-state index contributed by atoms with van der Waals surface area (Å²) >= 11 is 0. The van der Waals surface area contributed by atoms with Gasteiger partial charge >= 0.3 is 17.9 Å². The Morgan fingerprint density at radius 1 is 0.555 bits per heavy atom. The van der Waals surface area contributed by atoms with E-state index in [2.05, 4.69) is 99.4 Å². The molecule has 2 bridgehead atoms. The van der Waals surface area contributed by atoms with Crippen LogP contribution in [0.15, 0.2) is 65.7 Å². The third kappa shape index (κ3) is 50.8. The number of hydrogen-bond donors (Lipinski definition) is 23. The number of benzene rings is 2. The van der Waals surface area contributed by atoms with E-state index < -0.39 is 181 Å². The molecule has 146 heavy (non-hydrogen) atoms. The first kappa shape index (κ1) is 121. The second kappa shape index (κ2) is 70.3. The standard InChI is InChI=1S/C91H140N24O31/c1-3-136-33-34-140-41-42-143-45-46-145-49-50-146-48-47-144-44-43-141-38-35-137-30-24-73(119)102-65(10-4-6-25-96-27-31-138-36-39-142-40-37-139-32-28-97-72(118)22-20-68(89(134)135)106-80(125)59-14-16-60(17-15-59)99-54-62-55-100-79-77(101-62)88(133)112-91(95)111-79)81(126)108-70-52-61-56-115(114-113-61)29-7-5-9-64(78(92)124)103-87(132)76(57(2)116)110-86(131)69(51-58-12-18-63(117)19-13-58)107-82(127)66(11-8-26-98-90(93)94)104-83(128)67(21-23-74(120)121)105-85(130)71(53-75(122)123)109-84(70)129/h12-19,55-57,64-71,76,96,99,116-117H,3-11,20-54H2,1-2H3,(H2,92,124)(H,97,118)(H,102,119)(H,103,132)(H,104,128)(H,105,130)(H,106,125)(H,107,127)(H,108,126)(H,109,129)(H,110,131)(H,120,121)(H,122,123)(H,134,135)(H4,93,94,98)(H3,95,100,111,112,133)/t57-,64-,65-,66+,67+,68-,69+,70-,71+,76+/m0/s1. The van der Waals surface area contributed by atoms with Crippen molar-refractivity contribution in [1.29, 1.82) is 5.41 Å². The predicted octanol–water partition coefficient (Wildman–Crippen LogP) is -5.35.